The first kappa shape index (κ1) is 14.0. The van der Waals surface area contributed by atoms with Crippen LogP contribution in [-0.4, -0.2) is 39.5 Å². The molecule has 1 fully saturated rings. The lowest BCUT2D eigenvalue weighted by Gasteiger charge is -2.36. The number of nitrogens with zero attached hydrogens (tertiary/aromatic N) is 3. The van der Waals surface area contributed by atoms with Crippen molar-refractivity contribution >= 4 is 5.97 Å². The van der Waals surface area contributed by atoms with Gasteiger partial charge in [-0.25, -0.2) is 4.79 Å². The summed E-state index contributed by atoms with van der Waals surface area (Å²) in [6.45, 7) is 8.77. The van der Waals surface area contributed by atoms with Crippen LogP contribution in [0.1, 0.15) is 56.1 Å². The molecule has 1 atom stereocenters. The molecule has 6 nitrogen and oxygen atoms in total. The lowest BCUT2D eigenvalue weighted by molar-refractivity contribution is -0.0698. The summed E-state index contributed by atoms with van der Waals surface area (Å²) in [7, 11) is 0. The van der Waals surface area contributed by atoms with Crippen molar-refractivity contribution in [2.75, 3.05) is 13.2 Å². The molecule has 1 unspecified atom stereocenters. The molecule has 1 aromatic heterocycles. The summed E-state index contributed by atoms with van der Waals surface area (Å²) in [6.07, 6.45) is 1.69. The van der Waals surface area contributed by atoms with E-state index in [1.807, 2.05) is 11.5 Å². The zero-order valence-corrected chi connectivity index (χ0v) is 12.0. The van der Waals surface area contributed by atoms with Crippen molar-refractivity contribution in [3.63, 3.8) is 0 Å². The van der Waals surface area contributed by atoms with Gasteiger partial charge in [0, 0.05) is 12.6 Å². The fourth-order valence-corrected chi connectivity index (χ4v) is 2.56. The number of carbonyl (C=O) groups is 1. The Morgan fingerprint density at radius 3 is 2.89 bits per heavy atom. The molecule has 1 aliphatic heterocycles. The minimum Gasteiger partial charge on any atom is -0.460 e. The minimum atomic E-state index is -0.410. The lowest BCUT2D eigenvalue weighted by Crippen LogP contribution is -2.36. The maximum absolute atomic E-state index is 11.9. The second kappa shape index (κ2) is 5.28. The number of ether oxygens (including phenoxy) is 2. The Labute approximate surface area is 113 Å². The fourth-order valence-electron chi connectivity index (χ4n) is 2.56. The van der Waals surface area contributed by atoms with Gasteiger partial charge in [-0.05, 0) is 40.5 Å². The minimum absolute atomic E-state index is 0.179. The van der Waals surface area contributed by atoms with E-state index in [1.165, 1.54) is 0 Å². The number of esters is 1. The molecule has 0 saturated carbocycles. The molecule has 0 aliphatic carbocycles. The summed E-state index contributed by atoms with van der Waals surface area (Å²) in [5.74, 6) is 0.625. The lowest BCUT2D eigenvalue weighted by atomic mass is 9.93. The van der Waals surface area contributed by atoms with E-state index in [-0.39, 0.29) is 11.6 Å². The third-order valence-corrected chi connectivity index (χ3v) is 3.36. The van der Waals surface area contributed by atoms with Crippen LogP contribution in [0.15, 0.2) is 0 Å². The third kappa shape index (κ3) is 2.94. The van der Waals surface area contributed by atoms with Crippen LogP contribution in [0.2, 0.25) is 0 Å². The summed E-state index contributed by atoms with van der Waals surface area (Å²) in [5, 5.41) is 7.97. The van der Waals surface area contributed by atoms with Gasteiger partial charge in [-0.3, -0.25) is 0 Å². The number of aromatic nitrogens is 3. The van der Waals surface area contributed by atoms with Gasteiger partial charge in [-0.1, -0.05) is 0 Å². The second-order valence-electron chi connectivity index (χ2n) is 5.42. The largest absolute Gasteiger partial charge is 0.460 e. The van der Waals surface area contributed by atoms with Crippen molar-refractivity contribution in [2.45, 2.75) is 52.2 Å². The van der Waals surface area contributed by atoms with Crippen molar-refractivity contribution in [1.82, 2.24) is 14.8 Å². The van der Waals surface area contributed by atoms with Gasteiger partial charge in [0.1, 0.15) is 5.82 Å². The Bertz CT molecular complexity index is 468. The van der Waals surface area contributed by atoms with Crippen molar-refractivity contribution < 1.29 is 14.3 Å². The Morgan fingerprint density at radius 2 is 2.26 bits per heavy atom. The van der Waals surface area contributed by atoms with Crippen LogP contribution in [0.4, 0.5) is 0 Å². The SMILES string of the molecule is CCOC(=O)c1nnc(C)n1C1CCOC(C)(C)C1. The maximum atomic E-state index is 11.9. The zero-order valence-electron chi connectivity index (χ0n) is 12.0. The van der Waals surface area contributed by atoms with E-state index in [9.17, 15) is 4.79 Å². The van der Waals surface area contributed by atoms with Gasteiger partial charge < -0.3 is 14.0 Å². The van der Waals surface area contributed by atoms with Crippen LogP contribution in [0.5, 0.6) is 0 Å². The van der Waals surface area contributed by atoms with Crippen molar-refractivity contribution in [3.05, 3.63) is 11.6 Å². The number of rotatable bonds is 3. The molecule has 0 aromatic carbocycles. The Kier molecular flexibility index (Phi) is 3.89. The van der Waals surface area contributed by atoms with Gasteiger partial charge in [-0.2, -0.15) is 0 Å². The molecular weight excluding hydrogens is 246 g/mol. The van der Waals surface area contributed by atoms with Gasteiger partial charge in [-0.15, -0.1) is 10.2 Å². The Morgan fingerprint density at radius 1 is 1.53 bits per heavy atom. The molecule has 0 bridgehead atoms. The average Bonchev–Trinajstić information content (AvgIpc) is 2.70. The number of hydrogen-bond donors (Lipinski definition) is 0. The van der Waals surface area contributed by atoms with Gasteiger partial charge >= 0.3 is 5.97 Å². The van der Waals surface area contributed by atoms with Crippen LogP contribution < -0.4 is 0 Å². The van der Waals surface area contributed by atoms with Crippen molar-refractivity contribution in [3.8, 4) is 0 Å². The van der Waals surface area contributed by atoms with E-state index in [4.69, 9.17) is 9.47 Å². The predicted octanol–water partition coefficient (Wildman–Crippen LogP) is 1.89. The molecule has 0 radical (unpaired) electrons. The van der Waals surface area contributed by atoms with Crippen molar-refractivity contribution in [2.24, 2.45) is 0 Å². The molecule has 2 rings (SSSR count). The highest BCUT2D eigenvalue weighted by Gasteiger charge is 2.33. The van der Waals surface area contributed by atoms with Crippen LogP contribution in [0.3, 0.4) is 0 Å². The summed E-state index contributed by atoms with van der Waals surface area (Å²) in [6, 6.07) is 0.179. The van der Waals surface area contributed by atoms with Gasteiger partial charge in [0.2, 0.25) is 5.82 Å². The second-order valence-corrected chi connectivity index (χ2v) is 5.42. The number of hydrogen-bond acceptors (Lipinski definition) is 5. The van der Waals surface area contributed by atoms with Gasteiger partial charge in [0.05, 0.1) is 12.2 Å². The topological polar surface area (TPSA) is 66.2 Å². The standard InChI is InChI=1S/C13H21N3O3/c1-5-18-12(17)11-15-14-9(2)16(11)10-6-7-19-13(3,4)8-10/h10H,5-8H2,1-4H3. The molecule has 1 saturated heterocycles. The van der Waals surface area contributed by atoms with E-state index in [1.54, 1.807) is 6.92 Å². The molecule has 2 heterocycles. The van der Waals surface area contributed by atoms with E-state index >= 15 is 0 Å². The van der Waals surface area contributed by atoms with Crippen molar-refractivity contribution in [1.29, 1.82) is 0 Å². The van der Waals surface area contributed by atoms with Crippen LogP contribution in [0, 0.1) is 6.92 Å². The molecule has 6 heteroatoms. The molecular formula is C13H21N3O3. The highest BCUT2D eigenvalue weighted by molar-refractivity contribution is 5.85. The first-order valence-corrected chi connectivity index (χ1v) is 6.67. The molecule has 106 valence electrons. The average molecular weight is 267 g/mol. The Balaban J connectivity index is 2.28. The van der Waals surface area contributed by atoms with Gasteiger partial charge in [0.15, 0.2) is 0 Å². The van der Waals surface area contributed by atoms with E-state index in [0.29, 0.717) is 19.0 Å². The third-order valence-electron chi connectivity index (χ3n) is 3.36. The smallest absolute Gasteiger partial charge is 0.376 e. The highest BCUT2D eigenvalue weighted by atomic mass is 16.5. The monoisotopic (exact) mass is 267 g/mol. The fraction of sp³-hybridized carbons (Fsp3) is 0.769. The quantitative estimate of drug-likeness (QED) is 0.782. The normalized spacial score (nSPS) is 22.2. The van der Waals surface area contributed by atoms with Crippen LogP contribution in [-0.2, 0) is 9.47 Å². The predicted molar refractivity (Wildman–Crippen MR) is 69.0 cm³/mol. The molecule has 1 aliphatic rings. The van der Waals surface area contributed by atoms with E-state index in [0.717, 1.165) is 18.7 Å². The molecule has 0 N–H and O–H groups in total. The zero-order chi connectivity index (χ0) is 14.0. The van der Waals surface area contributed by atoms with Crippen LogP contribution in [0.25, 0.3) is 0 Å². The molecule has 19 heavy (non-hydrogen) atoms. The number of aryl methyl sites for hydroxylation is 1. The summed E-state index contributed by atoms with van der Waals surface area (Å²) in [4.78, 5) is 11.9. The first-order valence-electron chi connectivity index (χ1n) is 6.67. The van der Waals surface area contributed by atoms with E-state index < -0.39 is 5.97 Å². The summed E-state index contributed by atoms with van der Waals surface area (Å²) < 4.78 is 12.6. The van der Waals surface area contributed by atoms with Gasteiger partial charge in [0.25, 0.3) is 0 Å². The maximum Gasteiger partial charge on any atom is 0.376 e. The molecule has 1 aromatic rings. The summed E-state index contributed by atoms with van der Waals surface area (Å²) in [5.41, 5.74) is -0.189. The number of carbonyl (C=O) groups excluding carboxylic acids is 1. The molecule has 0 amide bonds. The summed E-state index contributed by atoms with van der Waals surface area (Å²) >= 11 is 0. The Hall–Kier alpha value is -1.43. The molecule has 0 spiro atoms. The van der Waals surface area contributed by atoms with Crippen LogP contribution >= 0.6 is 0 Å². The highest BCUT2D eigenvalue weighted by Crippen LogP contribution is 2.33. The first-order chi connectivity index (χ1) is 8.94. The van der Waals surface area contributed by atoms with E-state index in [2.05, 4.69) is 24.0 Å².